The average Bonchev–Trinajstić information content (AvgIpc) is 3.21. The summed E-state index contributed by atoms with van der Waals surface area (Å²) in [6.45, 7) is 3.92. The topological polar surface area (TPSA) is 61.6 Å². The number of oxazole rings is 1. The van der Waals surface area contributed by atoms with E-state index in [0.717, 1.165) is 11.3 Å². The lowest BCUT2D eigenvalue weighted by Gasteiger charge is -2.10. The lowest BCUT2D eigenvalue weighted by Crippen LogP contribution is -2.06. The van der Waals surface area contributed by atoms with E-state index in [4.69, 9.17) is 13.9 Å². The molecule has 0 radical (unpaired) electrons. The Morgan fingerprint density at radius 2 is 1.61 bits per heavy atom. The van der Waals surface area contributed by atoms with E-state index in [-0.39, 0.29) is 17.8 Å². The molecule has 5 heteroatoms. The second kappa shape index (κ2) is 8.88. The van der Waals surface area contributed by atoms with Gasteiger partial charge in [-0.3, -0.25) is 4.79 Å². The van der Waals surface area contributed by atoms with Crippen LogP contribution < -0.4 is 9.47 Å². The van der Waals surface area contributed by atoms with Crippen LogP contribution in [0.3, 0.4) is 0 Å². The molecule has 156 valence electrons. The summed E-state index contributed by atoms with van der Waals surface area (Å²) >= 11 is 0. The first-order valence-corrected chi connectivity index (χ1v) is 10.1. The Hall–Kier alpha value is -3.86. The Morgan fingerprint density at radius 1 is 0.935 bits per heavy atom. The Bertz CT molecular complexity index is 1190. The maximum Gasteiger partial charge on any atom is 0.231 e. The Morgan fingerprint density at radius 3 is 2.26 bits per heavy atom. The van der Waals surface area contributed by atoms with E-state index in [2.05, 4.69) is 4.98 Å². The second-order valence-electron chi connectivity index (χ2n) is 7.34. The fourth-order valence-electron chi connectivity index (χ4n) is 3.19. The third kappa shape index (κ3) is 4.67. The summed E-state index contributed by atoms with van der Waals surface area (Å²) in [6, 6.07) is 22.0. The number of para-hydroxylation sites is 2. The smallest absolute Gasteiger partial charge is 0.231 e. The lowest BCUT2D eigenvalue weighted by molar-refractivity contribution is 0.105. The normalized spacial score (nSPS) is 11.7. The molecular weight excluding hydrogens is 390 g/mol. The van der Waals surface area contributed by atoms with E-state index >= 15 is 0 Å². The summed E-state index contributed by atoms with van der Waals surface area (Å²) in [5.74, 6) is 1.56. The number of allylic oxidation sites excluding steroid dienone is 1. The van der Waals surface area contributed by atoms with Gasteiger partial charge in [0, 0.05) is 5.56 Å². The number of Topliss-reactive ketones (excluding diaryl/α,β-unsaturated/α-hetero) is 1. The zero-order chi connectivity index (χ0) is 21.8. The summed E-state index contributed by atoms with van der Waals surface area (Å²) in [6.07, 6.45) is 1.84. The van der Waals surface area contributed by atoms with E-state index in [0.29, 0.717) is 28.0 Å². The molecule has 31 heavy (non-hydrogen) atoms. The van der Waals surface area contributed by atoms with Crippen LogP contribution in [-0.4, -0.2) is 24.0 Å². The van der Waals surface area contributed by atoms with Crippen molar-refractivity contribution in [3.8, 4) is 11.5 Å². The largest absolute Gasteiger partial charge is 0.497 e. The molecule has 0 N–H and O–H groups in total. The molecule has 0 spiro atoms. The van der Waals surface area contributed by atoms with Gasteiger partial charge in [0.2, 0.25) is 5.89 Å². The molecule has 1 aromatic heterocycles. The first kappa shape index (κ1) is 20.4. The number of carbonyl (C=O) groups is 1. The van der Waals surface area contributed by atoms with Crippen molar-refractivity contribution in [1.29, 1.82) is 0 Å². The predicted octanol–water partition coefficient (Wildman–Crippen LogP) is 6.05. The quantitative estimate of drug-likeness (QED) is 0.273. The number of hydrogen-bond donors (Lipinski definition) is 0. The van der Waals surface area contributed by atoms with Crippen molar-refractivity contribution in [2.24, 2.45) is 0 Å². The highest BCUT2D eigenvalue weighted by molar-refractivity contribution is 6.31. The van der Waals surface area contributed by atoms with Crippen LogP contribution in [0.2, 0.25) is 0 Å². The molecule has 0 aliphatic heterocycles. The van der Waals surface area contributed by atoms with Gasteiger partial charge in [-0.25, -0.2) is 4.98 Å². The lowest BCUT2D eigenvalue weighted by atomic mass is 10.0. The average molecular weight is 413 g/mol. The van der Waals surface area contributed by atoms with Crippen molar-refractivity contribution in [1.82, 2.24) is 4.98 Å². The molecule has 0 saturated heterocycles. The van der Waals surface area contributed by atoms with Crippen molar-refractivity contribution < 1.29 is 18.7 Å². The van der Waals surface area contributed by atoms with Gasteiger partial charge in [-0.05, 0) is 74.0 Å². The number of methoxy groups -OCH3 is 1. The van der Waals surface area contributed by atoms with E-state index in [1.165, 1.54) is 0 Å². The monoisotopic (exact) mass is 413 g/mol. The van der Waals surface area contributed by atoms with Crippen LogP contribution >= 0.6 is 0 Å². The van der Waals surface area contributed by atoms with Gasteiger partial charge in [-0.2, -0.15) is 0 Å². The summed E-state index contributed by atoms with van der Waals surface area (Å²) in [4.78, 5) is 18.0. The molecule has 0 saturated carbocycles. The zero-order valence-electron chi connectivity index (χ0n) is 17.7. The number of ether oxygens (including phenoxy) is 2. The summed E-state index contributed by atoms with van der Waals surface area (Å²) in [5.41, 5.74) is 3.07. The zero-order valence-corrected chi connectivity index (χ0v) is 17.7. The SMILES string of the molecule is COc1ccc(/C=C(/C(=O)c2ccc(OC(C)C)cc2)c2nc3ccccc3o2)cc1. The van der Waals surface area contributed by atoms with Crippen molar-refractivity contribution in [2.45, 2.75) is 20.0 Å². The van der Waals surface area contributed by atoms with Crippen LogP contribution in [-0.2, 0) is 0 Å². The highest BCUT2D eigenvalue weighted by atomic mass is 16.5. The molecule has 4 rings (SSSR count). The minimum Gasteiger partial charge on any atom is -0.497 e. The van der Waals surface area contributed by atoms with Crippen LogP contribution in [0.5, 0.6) is 11.5 Å². The molecule has 4 aromatic rings. The highest BCUT2D eigenvalue weighted by Crippen LogP contribution is 2.27. The molecular formula is C26H23NO4. The fraction of sp³-hybridized carbons (Fsp3) is 0.154. The Labute approximate surface area is 180 Å². The van der Waals surface area contributed by atoms with Crippen molar-refractivity contribution >= 4 is 28.5 Å². The molecule has 1 heterocycles. The summed E-state index contributed by atoms with van der Waals surface area (Å²) < 4.78 is 16.8. The molecule has 0 aliphatic carbocycles. The van der Waals surface area contributed by atoms with Crippen LogP contribution in [0.25, 0.3) is 22.7 Å². The van der Waals surface area contributed by atoms with Crippen molar-refractivity contribution in [2.75, 3.05) is 7.11 Å². The molecule has 3 aromatic carbocycles. The number of ketones is 1. The summed E-state index contributed by atoms with van der Waals surface area (Å²) in [7, 11) is 1.62. The molecule has 0 atom stereocenters. The van der Waals surface area contributed by atoms with E-state index in [1.807, 2.05) is 62.4 Å². The number of rotatable bonds is 7. The molecule has 5 nitrogen and oxygen atoms in total. The van der Waals surface area contributed by atoms with Crippen LogP contribution in [0.4, 0.5) is 0 Å². The third-order valence-corrected chi connectivity index (χ3v) is 4.68. The minimum atomic E-state index is -0.182. The standard InChI is InChI=1S/C26H23NO4/c1-17(2)30-21-14-10-19(11-15-21)25(28)22(16-18-8-12-20(29-3)13-9-18)26-27-23-6-4-5-7-24(23)31-26/h4-17H,1-3H3/b22-16-. The van der Waals surface area contributed by atoms with Gasteiger partial charge in [-0.15, -0.1) is 0 Å². The molecule has 0 bridgehead atoms. The van der Waals surface area contributed by atoms with Gasteiger partial charge < -0.3 is 13.9 Å². The van der Waals surface area contributed by atoms with Crippen molar-refractivity contribution in [3.05, 3.63) is 89.8 Å². The second-order valence-corrected chi connectivity index (χ2v) is 7.34. The van der Waals surface area contributed by atoms with Gasteiger partial charge in [-0.1, -0.05) is 24.3 Å². The first-order valence-electron chi connectivity index (χ1n) is 10.1. The molecule has 0 amide bonds. The van der Waals surface area contributed by atoms with Crippen LogP contribution in [0.1, 0.15) is 35.7 Å². The maximum absolute atomic E-state index is 13.4. The van der Waals surface area contributed by atoms with Gasteiger partial charge >= 0.3 is 0 Å². The van der Waals surface area contributed by atoms with E-state index in [9.17, 15) is 4.79 Å². The van der Waals surface area contributed by atoms with Gasteiger partial charge in [0.15, 0.2) is 11.4 Å². The molecule has 0 aliphatic rings. The number of fused-ring (bicyclic) bond motifs is 1. The van der Waals surface area contributed by atoms with Crippen LogP contribution in [0, 0.1) is 0 Å². The molecule has 0 unspecified atom stereocenters. The maximum atomic E-state index is 13.4. The van der Waals surface area contributed by atoms with Gasteiger partial charge in [0.25, 0.3) is 0 Å². The minimum absolute atomic E-state index is 0.0619. The van der Waals surface area contributed by atoms with Gasteiger partial charge in [0.05, 0.1) is 18.8 Å². The van der Waals surface area contributed by atoms with E-state index < -0.39 is 0 Å². The van der Waals surface area contributed by atoms with E-state index in [1.54, 1.807) is 37.5 Å². The first-order chi connectivity index (χ1) is 15.0. The van der Waals surface area contributed by atoms with Crippen LogP contribution in [0.15, 0.2) is 77.2 Å². The number of carbonyl (C=O) groups excluding carboxylic acids is 1. The molecule has 0 fully saturated rings. The summed E-state index contributed by atoms with van der Waals surface area (Å²) in [5, 5.41) is 0. The number of nitrogens with zero attached hydrogens (tertiary/aromatic N) is 1. The Kier molecular flexibility index (Phi) is 5.85. The number of benzene rings is 3. The number of hydrogen-bond acceptors (Lipinski definition) is 5. The number of aromatic nitrogens is 1. The highest BCUT2D eigenvalue weighted by Gasteiger charge is 2.20. The van der Waals surface area contributed by atoms with Gasteiger partial charge in [0.1, 0.15) is 17.0 Å². The van der Waals surface area contributed by atoms with Crippen molar-refractivity contribution in [3.63, 3.8) is 0 Å². The predicted molar refractivity (Wildman–Crippen MR) is 121 cm³/mol. The Balaban J connectivity index is 1.75. The third-order valence-electron chi connectivity index (χ3n) is 4.68. The fourth-order valence-corrected chi connectivity index (χ4v) is 3.19.